The summed E-state index contributed by atoms with van der Waals surface area (Å²) in [6.07, 6.45) is 1.73. The quantitative estimate of drug-likeness (QED) is 0.516. The van der Waals surface area contributed by atoms with Crippen LogP contribution in [0.2, 0.25) is 0 Å². The molecule has 0 bridgehead atoms. The minimum absolute atomic E-state index is 0.0713. The Labute approximate surface area is 174 Å². The summed E-state index contributed by atoms with van der Waals surface area (Å²) in [5.41, 5.74) is 0.866. The van der Waals surface area contributed by atoms with Gasteiger partial charge in [0, 0.05) is 30.4 Å². The summed E-state index contributed by atoms with van der Waals surface area (Å²) in [5.74, 6) is 1.90. The van der Waals surface area contributed by atoms with Crippen LogP contribution in [0.4, 0.5) is 5.69 Å². The number of carbonyl (C=O) groups excluding carboxylic acids is 1. The van der Waals surface area contributed by atoms with Crippen molar-refractivity contribution in [3.8, 4) is 0 Å². The molecular formula is C19H26N4OS3. The van der Waals surface area contributed by atoms with Crippen LogP contribution in [0.25, 0.3) is 0 Å². The number of nitrogens with zero attached hydrogens (tertiary/aromatic N) is 3. The fourth-order valence-electron chi connectivity index (χ4n) is 2.96. The highest BCUT2D eigenvalue weighted by Gasteiger charge is 2.25. The zero-order valence-corrected chi connectivity index (χ0v) is 18.2. The molecule has 2 heterocycles. The van der Waals surface area contributed by atoms with Gasteiger partial charge in [-0.15, -0.1) is 0 Å². The zero-order valence-electron chi connectivity index (χ0n) is 15.8. The molecule has 0 spiro atoms. The lowest BCUT2D eigenvalue weighted by Crippen LogP contribution is -2.39. The van der Waals surface area contributed by atoms with Crippen LogP contribution in [-0.4, -0.2) is 39.4 Å². The highest BCUT2D eigenvalue weighted by molar-refractivity contribution is 8.01. The van der Waals surface area contributed by atoms with Gasteiger partial charge in [-0.1, -0.05) is 55.1 Å². The fraction of sp³-hybridized carbons (Fsp3) is 0.526. The summed E-state index contributed by atoms with van der Waals surface area (Å²) in [7, 11) is 0. The van der Waals surface area contributed by atoms with Crippen molar-refractivity contribution < 1.29 is 4.79 Å². The Morgan fingerprint density at radius 3 is 2.70 bits per heavy atom. The lowest BCUT2D eigenvalue weighted by molar-refractivity contribution is -0.121. The lowest BCUT2D eigenvalue weighted by Gasteiger charge is -2.30. The Morgan fingerprint density at radius 2 is 2.04 bits per heavy atom. The predicted molar refractivity (Wildman–Crippen MR) is 116 cm³/mol. The third kappa shape index (κ3) is 6.14. The molecule has 0 radical (unpaired) electrons. The van der Waals surface area contributed by atoms with E-state index >= 15 is 0 Å². The Hall–Kier alpha value is -1.22. The van der Waals surface area contributed by atoms with Crippen LogP contribution in [0.1, 0.15) is 26.7 Å². The third-order valence-electron chi connectivity index (χ3n) is 4.46. The number of aromatic nitrogens is 2. The van der Waals surface area contributed by atoms with Crippen molar-refractivity contribution in [2.24, 2.45) is 11.8 Å². The van der Waals surface area contributed by atoms with Gasteiger partial charge < -0.3 is 5.32 Å². The number of nitrogens with one attached hydrogen (secondary N) is 1. The molecule has 1 amide bonds. The van der Waals surface area contributed by atoms with Crippen LogP contribution in [-0.2, 0) is 11.5 Å². The van der Waals surface area contributed by atoms with Crippen molar-refractivity contribution in [3.05, 3.63) is 34.3 Å². The van der Waals surface area contributed by atoms with E-state index in [-0.39, 0.29) is 11.8 Å². The van der Waals surface area contributed by atoms with Gasteiger partial charge in [-0.05, 0) is 43.1 Å². The van der Waals surface area contributed by atoms with Crippen LogP contribution < -0.4 is 5.32 Å². The number of anilines is 1. The molecule has 1 aliphatic rings. The van der Waals surface area contributed by atoms with Crippen molar-refractivity contribution >= 4 is 46.9 Å². The van der Waals surface area contributed by atoms with Gasteiger partial charge in [0.2, 0.25) is 5.91 Å². The minimum atomic E-state index is 0.0713. The van der Waals surface area contributed by atoms with Crippen molar-refractivity contribution in [2.45, 2.75) is 37.7 Å². The first-order valence-electron chi connectivity index (χ1n) is 9.30. The number of likely N-dealkylation sites (tertiary alicyclic amines) is 1. The molecule has 27 heavy (non-hydrogen) atoms. The number of hydrogen-bond donors (Lipinski definition) is 1. The number of amides is 1. The number of benzene rings is 1. The Morgan fingerprint density at radius 1 is 1.33 bits per heavy atom. The summed E-state index contributed by atoms with van der Waals surface area (Å²) in [6, 6.07) is 9.66. The van der Waals surface area contributed by atoms with Crippen molar-refractivity contribution in [3.63, 3.8) is 0 Å². The van der Waals surface area contributed by atoms with Crippen molar-refractivity contribution in [1.82, 2.24) is 14.7 Å². The van der Waals surface area contributed by atoms with Gasteiger partial charge in [0.15, 0.2) is 8.29 Å². The van der Waals surface area contributed by atoms with Crippen LogP contribution >= 0.6 is 35.3 Å². The van der Waals surface area contributed by atoms with Gasteiger partial charge in [-0.3, -0.25) is 9.69 Å². The molecule has 1 saturated heterocycles. The zero-order chi connectivity index (χ0) is 19.2. The number of carbonyl (C=O) groups is 1. The van der Waals surface area contributed by atoms with Crippen LogP contribution in [0.5, 0.6) is 0 Å². The molecule has 2 aromatic rings. The monoisotopic (exact) mass is 422 g/mol. The second-order valence-corrected chi connectivity index (χ2v) is 10.1. The van der Waals surface area contributed by atoms with Gasteiger partial charge >= 0.3 is 0 Å². The van der Waals surface area contributed by atoms with Gasteiger partial charge in [-0.2, -0.15) is 5.10 Å². The molecule has 8 heteroatoms. The maximum Gasteiger partial charge on any atom is 0.227 e. The molecule has 0 aliphatic carbocycles. The molecular weight excluding hydrogens is 396 g/mol. The maximum absolute atomic E-state index is 12.5. The highest BCUT2D eigenvalue weighted by Crippen LogP contribution is 2.25. The third-order valence-corrected chi connectivity index (χ3v) is 7.33. The van der Waals surface area contributed by atoms with E-state index in [9.17, 15) is 4.79 Å². The average molecular weight is 423 g/mol. The summed E-state index contributed by atoms with van der Waals surface area (Å²) in [4.78, 5) is 14.8. The molecule has 0 unspecified atom stereocenters. The van der Waals surface area contributed by atoms with Crippen LogP contribution in [0.3, 0.4) is 0 Å². The standard InChI is InChI=1S/C19H26N4OS3/c1-14(2)12-26-18-21-23(19(25)27-18)13-22-10-8-15(9-11-22)17(24)20-16-6-4-3-5-7-16/h3-7,14-15H,8-13H2,1-2H3,(H,20,24). The Kier molecular flexibility index (Phi) is 7.46. The van der Waals surface area contributed by atoms with Crippen molar-refractivity contribution in [1.29, 1.82) is 0 Å². The van der Waals surface area contributed by atoms with E-state index in [4.69, 9.17) is 12.2 Å². The highest BCUT2D eigenvalue weighted by atomic mass is 32.2. The number of thioether (sulfide) groups is 1. The van der Waals surface area contributed by atoms with E-state index < -0.39 is 0 Å². The van der Waals surface area contributed by atoms with E-state index in [2.05, 4.69) is 29.2 Å². The minimum Gasteiger partial charge on any atom is -0.326 e. The Balaban J connectivity index is 1.48. The van der Waals surface area contributed by atoms with Crippen LogP contribution in [0, 0.1) is 15.8 Å². The predicted octanol–water partition coefficient (Wildman–Crippen LogP) is 4.73. The van der Waals surface area contributed by atoms with Gasteiger partial charge in [0.05, 0.1) is 6.67 Å². The first-order valence-corrected chi connectivity index (χ1v) is 11.5. The SMILES string of the molecule is CC(C)CSc1nn(CN2CCC(C(=O)Nc3ccccc3)CC2)c(=S)s1. The average Bonchev–Trinajstić information content (AvgIpc) is 3.01. The molecule has 1 N–H and O–H groups in total. The largest absolute Gasteiger partial charge is 0.326 e. The summed E-state index contributed by atoms with van der Waals surface area (Å²) >= 11 is 8.84. The number of piperidine rings is 1. The van der Waals surface area contributed by atoms with Gasteiger partial charge in [0.1, 0.15) is 0 Å². The second kappa shape index (κ2) is 9.82. The molecule has 5 nitrogen and oxygen atoms in total. The van der Waals surface area contributed by atoms with E-state index in [0.717, 1.165) is 45.7 Å². The molecule has 146 valence electrons. The normalized spacial score (nSPS) is 16.0. The Bertz CT molecular complexity index is 795. The molecule has 0 atom stereocenters. The first-order chi connectivity index (χ1) is 13.0. The topological polar surface area (TPSA) is 50.2 Å². The van der Waals surface area contributed by atoms with E-state index in [1.807, 2.05) is 35.0 Å². The molecule has 1 aromatic carbocycles. The molecule has 1 aliphatic heterocycles. The molecule has 0 saturated carbocycles. The van der Waals surface area contributed by atoms with Gasteiger partial charge in [0.25, 0.3) is 0 Å². The van der Waals surface area contributed by atoms with E-state index in [1.165, 1.54) is 0 Å². The van der Waals surface area contributed by atoms with Crippen LogP contribution in [0.15, 0.2) is 34.7 Å². The smallest absolute Gasteiger partial charge is 0.227 e. The number of hydrogen-bond acceptors (Lipinski definition) is 6. The summed E-state index contributed by atoms with van der Waals surface area (Å²) in [5, 5.41) is 7.68. The number of rotatable bonds is 7. The molecule has 3 rings (SSSR count). The number of para-hydroxylation sites is 1. The van der Waals surface area contributed by atoms with E-state index in [1.54, 1.807) is 23.1 Å². The second-order valence-electron chi connectivity index (χ2n) is 7.23. The maximum atomic E-state index is 12.5. The lowest BCUT2D eigenvalue weighted by atomic mass is 9.96. The van der Waals surface area contributed by atoms with Crippen molar-refractivity contribution in [2.75, 3.05) is 24.2 Å². The molecule has 1 fully saturated rings. The molecule has 1 aromatic heterocycles. The van der Waals surface area contributed by atoms with E-state index in [0.29, 0.717) is 12.6 Å². The van der Waals surface area contributed by atoms with Gasteiger partial charge in [-0.25, -0.2) is 4.68 Å². The fourth-order valence-corrected chi connectivity index (χ4v) is 5.26. The first kappa shape index (κ1) is 20.5. The summed E-state index contributed by atoms with van der Waals surface area (Å²) < 4.78 is 3.79. The summed E-state index contributed by atoms with van der Waals surface area (Å²) in [6.45, 7) is 6.91.